The maximum absolute atomic E-state index is 13.2. The predicted molar refractivity (Wildman–Crippen MR) is 143 cm³/mol. The number of aromatic nitrogens is 2. The Labute approximate surface area is 234 Å². The molecule has 0 bridgehead atoms. The van der Waals surface area contributed by atoms with E-state index >= 15 is 0 Å². The van der Waals surface area contributed by atoms with Gasteiger partial charge in [0.15, 0.2) is 11.5 Å². The quantitative estimate of drug-likeness (QED) is 0.228. The van der Waals surface area contributed by atoms with E-state index in [4.69, 9.17) is 14.2 Å². The molecule has 13 heteroatoms. The predicted octanol–water partition coefficient (Wildman–Crippen LogP) is 6.50. The largest absolute Gasteiger partial charge is 0.493 e. The third kappa shape index (κ3) is 4.76. The van der Waals surface area contributed by atoms with Gasteiger partial charge in [0.25, 0.3) is 5.91 Å². The Hall–Kier alpha value is -4.39. The van der Waals surface area contributed by atoms with E-state index in [0.717, 1.165) is 22.1 Å². The molecular weight excluding hydrogens is 597 g/mol. The molecule has 0 atom stereocenters. The fourth-order valence-electron chi connectivity index (χ4n) is 4.30. The smallest absolute Gasteiger partial charge is 0.417 e. The number of hydrogen-bond acceptors (Lipinski definition) is 7. The zero-order valence-corrected chi connectivity index (χ0v) is 22.8. The summed E-state index contributed by atoms with van der Waals surface area (Å²) in [6, 6.07) is 8.24. The van der Waals surface area contributed by atoms with Crippen LogP contribution in [0.3, 0.4) is 0 Å². The number of carbonyl (C=O) groups is 2. The number of halogens is 4. The molecule has 3 heterocycles. The first-order valence-electron chi connectivity index (χ1n) is 11.7. The molecule has 4 aromatic rings. The number of pyridine rings is 2. The monoisotopic (exact) mass is 616 g/mol. The lowest BCUT2D eigenvalue weighted by molar-refractivity contribution is -0.137. The molecule has 5 rings (SSSR count). The van der Waals surface area contributed by atoms with Crippen LogP contribution in [0.4, 0.5) is 29.3 Å². The Morgan fingerprint density at radius 2 is 1.68 bits per heavy atom. The van der Waals surface area contributed by atoms with Gasteiger partial charge < -0.3 is 14.2 Å². The molecule has 1 fully saturated rings. The Kier molecular flexibility index (Phi) is 7.00. The van der Waals surface area contributed by atoms with Crippen LogP contribution in [0.25, 0.3) is 10.9 Å². The number of imide groups is 1. The zero-order valence-electron chi connectivity index (χ0n) is 21.2. The maximum Gasteiger partial charge on any atom is 0.417 e. The highest BCUT2D eigenvalue weighted by atomic mass is 79.9. The van der Waals surface area contributed by atoms with Crippen LogP contribution < -0.4 is 24.0 Å². The normalized spacial score (nSPS) is 13.8. The molecule has 0 unspecified atom stereocenters. The maximum atomic E-state index is 13.2. The second-order valence-electron chi connectivity index (χ2n) is 8.68. The van der Waals surface area contributed by atoms with E-state index in [2.05, 4.69) is 25.9 Å². The van der Waals surface area contributed by atoms with Gasteiger partial charge in [-0.2, -0.15) is 13.2 Å². The highest BCUT2D eigenvalue weighted by molar-refractivity contribution is 9.10. The molecule has 206 valence electrons. The van der Waals surface area contributed by atoms with Crippen LogP contribution in [-0.2, 0) is 11.0 Å². The molecule has 1 saturated heterocycles. The van der Waals surface area contributed by atoms with E-state index < -0.39 is 30.2 Å². The number of methoxy groups -OCH3 is 2. The van der Waals surface area contributed by atoms with Crippen molar-refractivity contribution >= 4 is 50.1 Å². The number of nitrogens with zero attached hydrogens (tertiary/aromatic N) is 4. The number of alkyl halides is 3. The van der Waals surface area contributed by atoms with Crippen molar-refractivity contribution in [3.8, 4) is 23.0 Å². The minimum absolute atomic E-state index is 0.135. The van der Waals surface area contributed by atoms with E-state index in [1.54, 1.807) is 37.4 Å². The fraction of sp³-hybridized carbons (Fsp3) is 0.185. The lowest BCUT2D eigenvalue weighted by Crippen LogP contribution is -2.33. The summed E-state index contributed by atoms with van der Waals surface area (Å²) in [5.74, 6) is 1.25. The molecule has 9 nitrogen and oxygen atoms in total. The van der Waals surface area contributed by atoms with Gasteiger partial charge in [0, 0.05) is 23.8 Å². The van der Waals surface area contributed by atoms with Crippen molar-refractivity contribution in [2.75, 3.05) is 30.6 Å². The van der Waals surface area contributed by atoms with Crippen LogP contribution in [0.15, 0.2) is 59.5 Å². The molecule has 3 amide bonds. The first kappa shape index (κ1) is 27.2. The summed E-state index contributed by atoms with van der Waals surface area (Å²) in [7, 11) is 3.04. The molecule has 1 aliphatic heterocycles. The minimum atomic E-state index is -4.65. The second kappa shape index (κ2) is 10.3. The number of amides is 3. The number of hydrogen-bond donors (Lipinski definition) is 0. The first-order chi connectivity index (χ1) is 19.0. The van der Waals surface area contributed by atoms with Crippen molar-refractivity contribution in [3.63, 3.8) is 0 Å². The van der Waals surface area contributed by atoms with Crippen LogP contribution >= 0.6 is 15.9 Å². The van der Waals surface area contributed by atoms with Gasteiger partial charge in [-0.05, 0) is 58.7 Å². The highest BCUT2D eigenvalue weighted by Gasteiger charge is 2.40. The topological polar surface area (TPSA) is 94.1 Å². The molecule has 2 aromatic carbocycles. The molecule has 0 N–H and O–H groups in total. The second-order valence-corrected chi connectivity index (χ2v) is 9.48. The van der Waals surface area contributed by atoms with E-state index in [1.165, 1.54) is 20.3 Å². The van der Waals surface area contributed by atoms with E-state index in [0.29, 0.717) is 50.1 Å². The van der Waals surface area contributed by atoms with Gasteiger partial charge in [0.2, 0.25) is 0 Å². The molecule has 0 saturated carbocycles. The van der Waals surface area contributed by atoms with Crippen LogP contribution in [0.1, 0.15) is 11.1 Å². The van der Waals surface area contributed by atoms with Crippen LogP contribution in [0.5, 0.6) is 23.0 Å². The number of rotatable bonds is 6. The van der Waals surface area contributed by atoms with Gasteiger partial charge in [0.05, 0.1) is 47.3 Å². The lowest BCUT2D eigenvalue weighted by Gasteiger charge is -2.21. The third-order valence-electron chi connectivity index (χ3n) is 6.32. The van der Waals surface area contributed by atoms with E-state index in [9.17, 15) is 22.8 Å². The van der Waals surface area contributed by atoms with Crippen LogP contribution in [0, 0.1) is 6.92 Å². The molecule has 0 spiro atoms. The van der Waals surface area contributed by atoms with Crippen LogP contribution in [-0.4, -0.2) is 42.7 Å². The number of anilines is 2. The SMILES string of the molecule is COc1cc2nccc(Oc3ccc(N4C(=O)CN(c5cncc(C(F)(F)F)c5)C4=O)c(C)c3Br)c2cc1OC. The van der Waals surface area contributed by atoms with Crippen molar-refractivity contribution in [3.05, 3.63) is 70.6 Å². The Morgan fingerprint density at radius 1 is 0.950 bits per heavy atom. The third-order valence-corrected chi connectivity index (χ3v) is 7.30. The summed E-state index contributed by atoms with van der Waals surface area (Å²) in [6.07, 6.45) is -1.31. The fourth-order valence-corrected chi connectivity index (χ4v) is 4.71. The minimum Gasteiger partial charge on any atom is -0.493 e. The number of urea groups is 1. The van der Waals surface area contributed by atoms with Crippen molar-refractivity contribution in [1.29, 1.82) is 0 Å². The molecular formula is C27H20BrF3N4O5. The Morgan fingerprint density at radius 3 is 2.38 bits per heavy atom. The number of fused-ring (bicyclic) bond motifs is 1. The number of benzene rings is 2. The summed E-state index contributed by atoms with van der Waals surface area (Å²) in [5.41, 5.74) is 0.202. The molecule has 0 aliphatic carbocycles. The summed E-state index contributed by atoms with van der Waals surface area (Å²) < 4.78 is 56.9. The van der Waals surface area contributed by atoms with Gasteiger partial charge in [-0.3, -0.25) is 19.7 Å². The highest BCUT2D eigenvalue weighted by Crippen LogP contribution is 2.42. The van der Waals surface area contributed by atoms with Crippen LogP contribution in [0.2, 0.25) is 0 Å². The summed E-state index contributed by atoms with van der Waals surface area (Å²) in [5, 5.41) is 0.656. The lowest BCUT2D eigenvalue weighted by atomic mass is 10.1. The van der Waals surface area contributed by atoms with E-state index in [1.807, 2.05) is 0 Å². The molecule has 1 aliphatic rings. The first-order valence-corrected chi connectivity index (χ1v) is 12.5. The van der Waals surface area contributed by atoms with Gasteiger partial charge >= 0.3 is 12.2 Å². The average molecular weight is 617 g/mol. The summed E-state index contributed by atoms with van der Waals surface area (Å²) in [4.78, 5) is 35.9. The summed E-state index contributed by atoms with van der Waals surface area (Å²) in [6.45, 7) is 1.24. The zero-order chi connectivity index (χ0) is 28.8. The number of ether oxygens (including phenoxy) is 3. The van der Waals surface area contributed by atoms with Crippen molar-refractivity contribution in [2.45, 2.75) is 13.1 Å². The summed E-state index contributed by atoms with van der Waals surface area (Å²) >= 11 is 3.50. The van der Waals surface area contributed by atoms with Crippen molar-refractivity contribution in [2.24, 2.45) is 0 Å². The van der Waals surface area contributed by atoms with Gasteiger partial charge in [-0.15, -0.1) is 0 Å². The molecule has 0 radical (unpaired) electrons. The van der Waals surface area contributed by atoms with Crippen molar-refractivity contribution < 1.29 is 37.0 Å². The Balaban J connectivity index is 1.46. The number of carbonyl (C=O) groups excluding carboxylic acids is 2. The van der Waals surface area contributed by atoms with Gasteiger partial charge in [0.1, 0.15) is 18.0 Å². The molecule has 2 aromatic heterocycles. The average Bonchev–Trinajstić information content (AvgIpc) is 3.23. The molecule has 40 heavy (non-hydrogen) atoms. The van der Waals surface area contributed by atoms with Gasteiger partial charge in [-0.25, -0.2) is 9.69 Å². The Bertz CT molecular complexity index is 1660. The van der Waals surface area contributed by atoms with E-state index in [-0.39, 0.29) is 11.4 Å². The van der Waals surface area contributed by atoms with Gasteiger partial charge in [-0.1, -0.05) is 0 Å². The standard InChI is InChI=1S/C27H20BrF3N4O5/c1-14-19(35-24(36)13-34(26(35)37)16-8-15(11-32-12-16)27(29,30)31)4-5-21(25(14)28)40-20-6-7-33-18-10-23(39-3)22(38-2)9-17(18)20/h4-12H,13H2,1-3H3. The van der Waals surface area contributed by atoms with Crippen molar-refractivity contribution in [1.82, 2.24) is 9.97 Å².